The lowest BCUT2D eigenvalue weighted by molar-refractivity contribution is -0.122. The molecule has 1 atom stereocenters. The van der Waals surface area contributed by atoms with Gasteiger partial charge in [0.2, 0.25) is 0 Å². The molecule has 0 N–H and O–H groups in total. The Bertz CT molecular complexity index is 144. The molecule has 1 heterocycles. The van der Waals surface area contributed by atoms with Gasteiger partial charge in [0, 0.05) is 25.4 Å². The highest BCUT2D eigenvalue weighted by molar-refractivity contribution is 5.79. The molecule has 2 nitrogen and oxygen atoms in total. The van der Waals surface area contributed by atoms with Crippen LogP contribution in [0.1, 0.15) is 33.1 Å². The zero-order chi connectivity index (χ0) is 8.27. The van der Waals surface area contributed by atoms with E-state index in [1.165, 1.54) is 6.42 Å². The minimum atomic E-state index is 0.435. The normalized spacial score (nSPS) is 27.5. The first-order chi connectivity index (χ1) is 5.24. The third kappa shape index (κ3) is 2.29. The summed E-state index contributed by atoms with van der Waals surface area (Å²) in [7, 11) is 0. The van der Waals surface area contributed by atoms with Crippen LogP contribution in [0.3, 0.4) is 0 Å². The fraction of sp³-hybridized carbons (Fsp3) is 0.889. The van der Waals surface area contributed by atoms with Crippen LogP contribution in [0, 0.1) is 0 Å². The summed E-state index contributed by atoms with van der Waals surface area (Å²) in [6.07, 6.45) is 2.73. The van der Waals surface area contributed by atoms with E-state index in [2.05, 4.69) is 18.7 Å². The lowest BCUT2D eigenvalue weighted by Gasteiger charge is -2.32. The van der Waals surface area contributed by atoms with Crippen LogP contribution in [0.25, 0.3) is 0 Å². The molecule has 0 spiro atoms. The summed E-state index contributed by atoms with van der Waals surface area (Å²) in [5.74, 6) is 0.435. The van der Waals surface area contributed by atoms with Crippen LogP contribution >= 0.6 is 0 Å². The van der Waals surface area contributed by atoms with E-state index in [0.717, 1.165) is 25.9 Å². The fourth-order valence-corrected chi connectivity index (χ4v) is 1.67. The van der Waals surface area contributed by atoms with Crippen LogP contribution in [0.5, 0.6) is 0 Å². The Kier molecular flexibility index (Phi) is 3.06. The van der Waals surface area contributed by atoms with Gasteiger partial charge in [-0.25, -0.2) is 0 Å². The SMILES string of the molecule is CCCN1CCC(=O)C[C@@H]1C. The Morgan fingerprint density at radius 3 is 2.91 bits per heavy atom. The highest BCUT2D eigenvalue weighted by atomic mass is 16.1. The summed E-state index contributed by atoms with van der Waals surface area (Å²) < 4.78 is 0. The molecule has 0 saturated carbocycles. The summed E-state index contributed by atoms with van der Waals surface area (Å²) >= 11 is 0. The number of piperidine rings is 1. The molecule has 64 valence electrons. The van der Waals surface area contributed by atoms with Crippen molar-refractivity contribution in [3.8, 4) is 0 Å². The van der Waals surface area contributed by atoms with E-state index in [4.69, 9.17) is 0 Å². The molecule has 11 heavy (non-hydrogen) atoms. The summed E-state index contributed by atoms with van der Waals surface area (Å²) in [5.41, 5.74) is 0. The minimum Gasteiger partial charge on any atom is -0.300 e. The Labute approximate surface area is 68.6 Å². The molecule has 2 heteroatoms. The van der Waals surface area contributed by atoms with Crippen molar-refractivity contribution < 1.29 is 4.79 Å². The predicted molar refractivity (Wildman–Crippen MR) is 45.6 cm³/mol. The average Bonchev–Trinajstić information content (AvgIpc) is 1.95. The van der Waals surface area contributed by atoms with Gasteiger partial charge in [-0.1, -0.05) is 6.92 Å². The molecule has 0 aromatic carbocycles. The summed E-state index contributed by atoms with van der Waals surface area (Å²) in [4.78, 5) is 13.4. The van der Waals surface area contributed by atoms with Gasteiger partial charge in [-0.05, 0) is 19.9 Å². The molecular weight excluding hydrogens is 138 g/mol. The van der Waals surface area contributed by atoms with Crippen molar-refractivity contribution in [2.75, 3.05) is 13.1 Å². The maximum atomic E-state index is 11.0. The van der Waals surface area contributed by atoms with Crippen molar-refractivity contribution in [1.82, 2.24) is 4.90 Å². The third-order valence-electron chi connectivity index (χ3n) is 2.34. The number of carbonyl (C=O) groups excluding carboxylic acids is 1. The predicted octanol–water partition coefficient (Wildman–Crippen LogP) is 1.45. The van der Waals surface area contributed by atoms with Gasteiger partial charge >= 0.3 is 0 Å². The molecule has 0 aromatic heterocycles. The Morgan fingerprint density at radius 2 is 2.36 bits per heavy atom. The standard InChI is InChI=1S/C9H17NO/c1-3-5-10-6-4-9(11)7-8(10)2/h8H,3-7H2,1-2H3/t8-/m0/s1. The van der Waals surface area contributed by atoms with E-state index < -0.39 is 0 Å². The van der Waals surface area contributed by atoms with E-state index in [1.807, 2.05) is 0 Å². The first-order valence-electron chi connectivity index (χ1n) is 4.49. The number of rotatable bonds is 2. The van der Waals surface area contributed by atoms with Crippen LogP contribution < -0.4 is 0 Å². The molecule has 1 aliphatic heterocycles. The van der Waals surface area contributed by atoms with E-state index in [-0.39, 0.29) is 0 Å². The second-order valence-electron chi connectivity index (χ2n) is 3.38. The van der Waals surface area contributed by atoms with Crippen LogP contribution in [-0.4, -0.2) is 29.8 Å². The Hall–Kier alpha value is -0.370. The van der Waals surface area contributed by atoms with Crippen LogP contribution in [0.15, 0.2) is 0 Å². The van der Waals surface area contributed by atoms with Gasteiger partial charge in [0.1, 0.15) is 5.78 Å². The van der Waals surface area contributed by atoms with Gasteiger partial charge in [-0.3, -0.25) is 9.69 Å². The molecule has 0 unspecified atom stereocenters. The van der Waals surface area contributed by atoms with E-state index in [1.54, 1.807) is 0 Å². The number of hydrogen-bond donors (Lipinski definition) is 0. The third-order valence-corrected chi connectivity index (χ3v) is 2.34. The second-order valence-corrected chi connectivity index (χ2v) is 3.38. The molecular formula is C9H17NO. The average molecular weight is 155 g/mol. The van der Waals surface area contributed by atoms with Gasteiger partial charge in [-0.15, -0.1) is 0 Å². The fourth-order valence-electron chi connectivity index (χ4n) is 1.67. The topological polar surface area (TPSA) is 20.3 Å². The Balaban J connectivity index is 2.37. The number of Topliss-reactive ketones (excluding diaryl/α,β-unsaturated/α-hetero) is 1. The van der Waals surface area contributed by atoms with E-state index >= 15 is 0 Å². The van der Waals surface area contributed by atoms with Crippen molar-refractivity contribution in [3.63, 3.8) is 0 Å². The smallest absolute Gasteiger partial charge is 0.135 e. The number of carbonyl (C=O) groups is 1. The van der Waals surface area contributed by atoms with Crippen molar-refractivity contribution in [2.24, 2.45) is 0 Å². The Morgan fingerprint density at radius 1 is 1.64 bits per heavy atom. The maximum Gasteiger partial charge on any atom is 0.135 e. The molecule has 1 fully saturated rings. The van der Waals surface area contributed by atoms with Gasteiger partial charge in [-0.2, -0.15) is 0 Å². The maximum absolute atomic E-state index is 11.0. The quantitative estimate of drug-likeness (QED) is 0.601. The molecule has 1 rings (SSSR count). The molecule has 0 bridgehead atoms. The van der Waals surface area contributed by atoms with Crippen molar-refractivity contribution >= 4 is 5.78 Å². The van der Waals surface area contributed by atoms with Gasteiger partial charge in [0.15, 0.2) is 0 Å². The van der Waals surface area contributed by atoms with Crippen LogP contribution in [-0.2, 0) is 4.79 Å². The number of likely N-dealkylation sites (tertiary alicyclic amines) is 1. The van der Waals surface area contributed by atoms with Gasteiger partial charge in [0.05, 0.1) is 0 Å². The molecule has 0 aromatic rings. The zero-order valence-electron chi connectivity index (χ0n) is 7.47. The molecule has 0 amide bonds. The molecule has 1 saturated heterocycles. The monoisotopic (exact) mass is 155 g/mol. The first-order valence-corrected chi connectivity index (χ1v) is 4.49. The number of nitrogens with zero attached hydrogens (tertiary/aromatic N) is 1. The van der Waals surface area contributed by atoms with Crippen molar-refractivity contribution in [3.05, 3.63) is 0 Å². The summed E-state index contributed by atoms with van der Waals surface area (Å²) in [6, 6.07) is 0.483. The minimum absolute atomic E-state index is 0.435. The van der Waals surface area contributed by atoms with E-state index in [9.17, 15) is 4.79 Å². The van der Waals surface area contributed by atoms with Gasteiger partial charge < -0.3 is 0 Å². The molecule has 1 aliphatic rings. The first kappa shape index (κ1) is 8.72. The summed E-state index contributed by atoms with van der Waals surface area (Å²) in [5, 5.41) is 0. The zero-order valence-corrected chi connectivity index (χ0v) is 7.47. The van der Waals surface area contributed by atoms with Crippen LogP contribution in [0.4, 0.5) is 0 Å². The highest BCUT2D eigenvalue weighted by Crippen LogP contribution is 2.13. The molecule has 0 aliphatic carbocycles. The molecule has 0 radical (unpaired) electrons. The van der Waals surface area contributed by atoms with Crippen molar-refractivity contribution in [2.45, 2.75) is 39.2 Å². The lowest BCUT2D eigenvalue weighted by atomic mass is 10.0. The van der Waals surface area contributed by atoms with Crippen molar-refractivity contribution in [1.29, 1.82) is 0 Å². The largest absolute Gasteiger partial charge is 0.300 e. The highest BCUT2D eigenvalue weighted by Gasteiger charge is 2.21. The van der Waals surface area contributed by atoms with Gasteiger partial charge in [0.25, 0.3) is 0 Å². The van der Waals surface area contributed by atoms with Crippen LogP contribution in [0.2, 0.25) is 0 Å². The summed E-state index contributed by atoms with van der Waals surface area (Å²) in [6.45, 7) is 6.46. The number of hydrogen-bond acceptors (Lipinski definition) is 2. The lowest BCUT2D eigenvalue weighted by Crippen LogP contribution is -2.41. The second kappa shape index (κ2) is 3.86. The number of ketones is 1. The van der Waals surface area contributed by atoms with E-state index in [0.29, 0.717) is 11.8 Å².